The summed E-state index contributed by atoms with van der Waals surface area (Å²) in [6, 6.07) is 3.48. The van der Waals surface area contributed by atoms with Crippen LogP contribution in [0.3, 0.4) is 0 Å². The molecule has 0 aromatic heterocycles. The molecule has 2 nitrogen and oxygen atoms in total. The fraction of sp³-hybridized carbons (Fsp3) is 0.538. The minimum atomic E-state index is -0.565. The first-order valence-corrected chi connectivity index (χ1v) is 5.91. The third-order valence-electron chi connectivity index (χ3n) is 2.70. The lowest BCUT2D eigenvalue weighted by Crippen LogP contribution is -2.25. The van der Waals surface area contributed by atoms with E-state index in [2.05, 4.69) is 5.32 Å². The fourth-order valence-corrected chi connectivity index (χ4v) is 1.72. The smallest absolute Gasteiger partial charge is 0.130 e. The van der Waals surface area contributed by atoms with Gasteiger partial charge in [-0.1, -0.05) is 13.0 Å². The van der Waals surface area contributed by atoms with Crippen LogP contribution >= 0.6 is 0 Å². The number of benzene rings is 1. The molecule has 0 saturated heterocycles. The van der Waals surface area contributed by atoms with Gasteiger partial charge < -0.3 is 10.4 Å². The van der Waals surface area contributed by atoms with E-state index in [-0.39, 0.29) is 12.1 Å². The Morgan fingerprint density at radius 1 is 1.35 bits per heavy atom. The standard InChI is InChI=1S/C13H19F2NO/c1-3-13(16-7-6-9(2)17)11-5-4-10(14)8-12(11)15/h4-5,8-9,13,16-17H,3,6-7H2,1-2H3. The molecule has 0 aliphatic heterocycles. The topological polar surface area (TPSA) is 32.3 Å². The van der Waals surface area contributed by atoms with Crippen LogP contribution in [-0.2, 0) is 0 Å². The van der Waals surface area contributed by atoms with Crippen molar-refractivity contribution in [3.8, 4) is 0 Å². The summed E-state index contributed by atoms with van der Waals surface area (Å²) < 4.78 is 26.3. The van der Waals surface area contributed by atoms with Gasteiger partial charge in [-0.25, -0.2) is 8.78 Å². The predicted octanol–water partition coefficient (Wildman–Crippen LogP) is 2.78. The van der Waals surface area contributed by atoms with Crippen LogP contribution in [0.4, 0.5) is 8.78 Å². The van der Waals surface area contributed by atoms with E-state index in [9.17, 15) is 8.78 Å². The first-order chi connectivity index (χ1) is 8.04. The lowest BCUT2D eigenvalue weighted by molar-refractivity contribution is 0.182. The Morgan fingerprint density at radius 3 is 2.59 bits per heavy atom. The first-order valence-electron chi connectivity index (χ1n) is 5.91. The highest BCUT2D eigenvalue weighted by atomic mass is 19.1. The van der Waals surface area contributed by atoms with Crippen molar-refractivity contribution < 1.29 is 13.9 Å². The fourth-order valence-electron chi connectivity index (χ4n) is 1.72. The Bertz CT molecular complexity index is 355. The molecule has 0 radical (unpaired) electrons. The van der Waals surface area contributed by atoms with Gasteiger partial charge in [0.05, 0.1) is 6.10 Å². The minimum absolute atomic E-state index is 0.144. The maximum Gasteiger partial charge on any atom is 0.130 e. The maximum atomic E-state index is 13.5. The van der Waals surface area contributed by atoms with Gasteiger partial charge in [-0.15, -0.1) is 0 Å². The second kappa shape index (κ2) is 6.67. The van der Waals surface area contributed by atoms with Crippen LogP contribution in [0.5, 0.6) is 0 Å². The molecule has 0 aliphatic rings. The van der Waals surface area contributed by atoms with E-state index in [1.54, 1.807) is 6.92 Å². The van der Waals surface area contributed by atoms with Gasteiger partial charge in [0.2, 0.25) is 0 Å². The highest BCUT2D eigenvalue weighted by Crippen LogP contribution is 2.20. The van der Waals surface area contributed by atoms with Crippen molar-refractivity contribution in [3.05, 3.63) is 35.4 Å². The Balaban J connectivity index is 2.66. The van der Waals surface area contributed by atoms with Gasteiger partial charge >= 0.3 is 0 Å². The molecule has 1 aromatic carbocycles. The second-order valence-corrected chi connectivity index (χ2v) is 4.22. The van der Waals surface area contributed by atoms with Gasteiger partial charge in [0.25, 0.3) is 0 Å². The summed E-state index contributed by atoms with van der Waals surface area (Å²) in [5.74, 6) is -1.09. The SMILES string of the molecule is CCC(NCCC(C)O)c1ccc(F)cc1F. The van der Waals surface area contributed by atoms with Crippen molar-refractivity contribution in [2.75, 3.05) is 6.54 Å². The molecule has 2 N–H and O–H groups in total. The lowest BCUT2D eigenvalue weighted by atomic mass is 10.0. The van der Waals surface area contributed by atoms with E-state index in [4.69, 9.17) is 5.11 Å². The van der Waals surface area contributed by atoms with Crippen molar-refractivity contribution in [2.45, 2.75) is 38.8 Å². The van der Waals surface area contributed by atoms with E-state index in [1.807, 2.05) is 6.92 Å². The molecular formula is C13H19F2NO. The van der Waals surface area contributed by atoms with Crippen LogP contribution in [0.15, 0.2) is 18.2 Å². The van der Waals surface area contributed by atoms with Gasteiger partial charge in [0.15, 0.2) is 0 Å². The monoisotopic (exact) mass is 243 g/mol. The van der Waals surface area contributed by atoms with Crippen molar-refractivity contribution in [1.82, 2.24) is 5.32 Å². The highest BCUT2D eigenvalue weighted by molar-refractivity contribution is 5.22. The van der Waals surface area contributed by atoms with Crippen LogP contribution in [0.25, 0.3) is 0 Å². The van der Waals surface area contributed by atoms with E-state index in [0.717, 1.165) is 6.07 Å². The summed E-state index contributed by atoms with van der Waals surface area (Å²) in [6.07, 6.45) is 0.944. The van der Waals surface area contributed by atoms with Crippen molar-refractivity contribution in [3.63, 3.8) is 0 Å². The average Bonchev–Trinajstić information content (AvgIpc) is 2.25. The predicted molar refractivity (Wildman–Crippen MR) is 63.7 cm³/mol. The Labute approximate surface area is 101 Å². The lowest BCUT2D eigenvalue weighted by Gasteiger charge is -2.18. The van der Waals surface area contributed by atoms with Crippen LogP contribution < -0.4 is 5.32 Å². The molecule has 0 fully saturated rings. The molecular weight excluding hydrogens is 224 g/mol. The highest BCUT2D eigenvalue weighted by Gasteiger charge is 2.14. The van der Waals surface area contributed by atoms with Crippen molar-refractivity contribution in [2.24, 2.45) is 0 Å². The third kappa shape index (κ3) is 4.40. The van der Waals surface area contributed by atoms with Crippen molar-refractivity contribution >= 4 is 0 Å². The normalized spacial score (nSPS) is 14.6. The zero-order valence-electron chi connectivity index (χ0n) is 10.2. The zero-order chi connectivity index (χ0) is 12.8. The molecule has 0 bridgehead atoms. The number of rotatable bonds is 6. The molecule has 2 atom stereocenters. The first kappa shape index (κ1) is 14.1. The zero-order valence-corrected chi connectivity index (χ0v) is 10.2. The number of aliphatic hydroxyl groups excluding tert-OH is 1. The van der Waals surface area contributed by atoms with Crippen LogP contribution in [0.1, 0.15) is 38.3 Å². The molecule has 4 heteroatoms. The number of halogens is 2. The molecule has 1 aromatic rings. The van der Waals surface area contributed by atoms with Gasteiger partial charge in [0, 0.05) is 17.7 Å². The summed E-state index contributed by atoms with van der Waals surface area (Å²) >= 11 is 0. The number of aliphatic hydroxyl groups is 1. The molecule has 2 unspecified atom stereocenters. The molecule has 0 amide bonds. The van der Waals surface area contributed by atoms with Gasteiger partial charge in [-0.3, -0.25) is 0 Å². The maximum absolute atomic E-state index is 13.5. The molecule has 0 aliphatic carbocycles. The van der Waals surface area contributed by atoms with E-state index >= 15 is 0 Å². The Kier molecular flexibility index (Phi) is 5.51. The van der Waals surface area contributed by atoms with Crippen LogP contribution in [0.2, 0.25) is 0 Å². The summed E-state index contributed by atoms with van der Waals surface area (Å²) in [5, 5.41) is 12.3. The molecule has 0 heterocycles. The van der Waals surface area contributed by atoms with Gasteiger partial charge in [0.1, 0.15) is 11.6 Å². The molecule has 1 rings (SSSR count). The summed E-state index contributed by atoms with van der Waals surface area (Å²) in [5.41, 5.74) is 0.472. The third-order valence-corrected chi connectivity index (χ3v) is 2.70. The van der Waals surface area contributed by atoms with Crippen molar-refractivity contribution in [1.29, 1.82) is 0 Å². The number of hydrogen-bond donors (Lipinski definition) is 2. The average molecular weight is 243 g/mol. The van der Waals surface area contributed by atoms with E-state index in [1.165, 1.54) is 12.1 Å². The number of nitrogens with one attached hydrogen (secondary N) is 1. The molecule has 0 spiro atoms. The largest absolute Gasteiger partial charge is 0.393 e. The second-order valence-electron chi connectivity index (χ2n) is 4.22. The van der Waals surface area contributed by atoms with Gasteiger partial charge in [-0.05, 0) is 32.4 Å². The minimum Gasteiger partial charge on any atom is -0.393 e. The summed E-state index contributed by atoms with van der Waals surface area (Å²) in [6.45, 7) is 4.25. The summed E-state index contributed by atoms with van der Waals surface area (Å²) in [4.78, 5) is 0. The Morgan fingerprint density at radius 2 is 2.06 bits per heavy atom. The molecule has 0 saturated carbocycles. The van der Waals surface area contributed by atoms with Crippen LogP contribution in [0, 0.1) is 11.6 Å². The van der Waals surface area contributed by atoms with Crippen LogP contribution in [-0.4, -0.2) is 17.8 Å². The van der Waals surface area contributed by atoms with Gasteiger partial charge in [-0.2, -0.15) is 0 Å². The van der Waals surface area contributed by atoms with E-state index in [0.29, 0.717) is 24.9 Å². The number of hydrogen-bond acceptors (Lipinski definition) is 2. The quantitative estimate of drug-likeness (QED) is 0.805. The Hall–Kier alpha value is -1.00. The summed E-state index contributed by atoms with van der Waals surface area (Å²) in [7, 11) is 0. The van der Waals surface area contributed by atoms with E-state index < -0.39 is 11.6 Å². The molecule has 96 valence electrons. The molecule has 17 heavy (non-hydrogen) atoms.